The highest BCUT2D eigenvalue weighted by molar-refractivity contribution is 5.57. The Labute approximate surface area is 71.5 Å². The second-order valence-electron chi connectivity index (χ2n) is 3.63. The van der Waals surface area contributed by atoms with Crippen LogP contribution in [0.2, 0.25) is 0 Å². The molecule has 1 rings (SSSR count). The molecular weight excluding hydrogens is 154 g/mol. The largest absolute Gasteiger partial charge is 0.394 e. The Morgan fingerprint density at radius 3 is 2.42 bits per heavy atom. The van der Waals surface area contributed by atoms with Crippen LogP contribution in [-0.4, -0.2) is 15.3 Å². The van der Waals surface area contributed by atoms with Crippen LogP contribution in [0.25, 0.3) is 0 Å². The lowest BCUT2D eigenvalue weighted by molar-refractivity contribution is 0.412. The summed E-state index contributed by atoms with van der Waals surface area (Å²) in [5.74, 6) is 0.480. The van der Waals surface area contributed by atoms with E-state index >= 15 is 0 Å². The first kappa shape index (κ1) is 8.86. The van der Waals surface area contributed by atoms with E-state index in [1.165, 1.54) is 6.20 Å². The zero-order valence-electron chi connectivity index (χ0n) is 7.41. The highest BCUT2D eigenvalue weighted by Gasteiger charge is 2.14. The number of nitrogens with two attached hydrogens (primary N) is 3. The number of rotatable bonds is 2. The van der Waals surface area contributed by atoms with Crippen molar-refractivity contribution in [3.8, 4) is 0 Å². The molecule has 1 aromatic heterocycles. The van der Waals surface area contributed by atoms with E-state index in [1.807, 2.05) is 13.8 Å². The van der Waals surface area contributed by atoms with Crippen molar-refractivity contribution in [2.24, 2.45) is 5.73 Å². The molecule has 0 spiro atoms. The molecule has 0 saturated heterocycles. The molecule has 0 radical (unpaired) electrons. The van der Waals surface area contributed by atoms with Crippen molar-refractivity contribution in [1.82, 2.24) is 9.78 Å². The van der Waals surface area contributed by atoms with E-state index in [1.54, 1.807) is 4.68 Å². The van der Waals surface area contributed by atoms with Gasteiger partial charge in [-0.3, -0.25) is 0 Å². The van der Waals surface area contributed by atoms with Gasteiger partial charge in [-0.05, 0) is 13.8 Å². The molecule has 0 bridgehead atoms. The average molecular weight is 169 g/mol. The molecule has 0 amide bonds. The van der Waals surface area contributed by atoms with Gasteiger partial charge in [0.05, 0.1) is 18.4 Å². The highest BCUT2D eigenvalue weighted by Crippen LogP contribution is 2.14. The van der Waals surface area contributed by atoms with Gasteiger partial charge < -0.3 is 17.2 Å². The summed E-state index contributed by atoms with van der Waals surface area (Å²) in [4.78, 5) is 0. The van der Waals surface area contributed by atoms with Crippen molar-refractivity contribution >= 4 is 11.5 Å². The summed E-state index contributed by atoms with van der Waals surface area (Å²) in [5, 5.41) is 3.99. The SMILES string of the molecule is CC(C)(N)Cn1ncc(N)c1N. The second-order valence-corrected chi connectivity index (χ2v) is 3.63. The minimum Gasteiger partial charge on any atom is -0.394 e. The van der Waals surface area contributed by atoms with Gasteiger partial charge in [0, 0.05) is 5.54 Å². The molecule has 6 N–H and O–H groups in total. The molecule has 0 aliphatic carbocycles. The summed E-state index contributed by atoms with van der Waals surface area (Å²) in [6, 6.07) is 0. The van der Waals surface area contributed by atoms with Crippen LogP contribution in [0.15, 0.2) is 6.20 Å². The van der Waals surface area contributed by atoms with E-state index < -0.39 is 0 Å². The molecule has 0 aromatic carbocycles. The van der Waals surface area contributed by atoms with E-state index in [9.17, 15) is 0 Å². The van der Waals surface area contributed by atoms with Crippen molar-refractivity contribution < 1.29 is 0 Å². The van der Waals surface area contributed by atoms with Crippen LogP contribution in [0.1, 0.15) is 13.8 Å². The molecule has 0 unspecified atom stereocenters. The van der Waals surface area contributed by atoms with Gasteiger partial charge in [-0.25, -0.2) is 4.68 Å². The summed E-state index contributed by atoms with van der Waals surface area (Å²) in [6.45, 7) is 4.38. The van der Waals surface area contributed by atoms with Crippen molar-refractivity contribution in [2.45, 2.75) is 25.9 Å². The van der Waals surface area contributed by atoms with Gasteiger partial charge in [0.25, 0.3) is 0 Å². The third-order valence-electron chi connectivity index (χ3n) is 1.47. The first-order chi connectivity index (χ1) is 5.40. The summed E-state index contributed by atoms with van der Waals surface area (Å²) >= 11 is 0. The molecule has 5 nitrogen and oxygen atoms in total. The molecule has 0 atom stereocenters. The molecule has 0 aliphatic heterocycles. The Balaban J connectivity index is 2.83. The molecule has 1 aromatic rings. The monoisotopic (exact) mass is 169 g/mol. The van der Waals surface area contributed by atoms with Gasteiger partial charge in [0.1, 0.15) is 5.82 Å². The average Bonchev–Trinajstić information content (AvgIpc) is 2.16. The first-order valence-electron chi connectivity index (χ1n) is 3.76. The number of aromatic nitrogens is 2. The maximum absolute atomic E-state index is 5.79. The summed E-state index contributed by atoms with van der Waals surface area (Å²) in [6.07, 6.45) is 1.53. The third-order valence-corrected chi connectivity index (χ3v) is 1.47. The van der Waals surface area contributed by atoms with Crippen LogP contribution in [-0.2, 0) is 6.54 Å². The van der Waals surface area contributed by atoms with Crippen LogP contribution < -0.4 is 17.2 Å². The summed E-state index contributed by atoms with van der Waals surface area (Å²) in [5.41, 5.74) is 17.1. The Bertz CT molecular complexity index is 270. The predicted molar refractivity (Wildman–Crippen MR) is 49.3 cm³/mol. The summed E-state index contributed by atoms with van der Waals surface area (Å²) in [7, 11) is 0. The minimum atomic E-state index is -0.327. The van der Waals surface area contributed by atoms with E-state index in [4.69, 9.17) is 17.2 Å². The fourth-order valence-corrected chi connectivity index (χ4v) is 0.921. The van der Waals surface area contributed by atoms with Gasteiger partial charge >= 0.3 is 0 Å². The minimum absolute atomic E-state index is 0.327. The lowest BCUT2D eigenvalue weighted by atomic mass is 10.1. The Hall–Kier alpha value is -1.23. The van der Waals surface area contributed by atoms with E-state index in [0.717, 1.165) is 0 Å². The van der Waals surface area contributed by atoms with Gasteiger partial charge in [0.2, 0.25) is 0 Å². The van der Waals surface area contributed by atoms with Crippen molar-refractivity contribution in [2.75, 3.05) is 11.5 Å². The standard InChI is InChI=1S/C7H15N5/c1-7(2,10)4-12-6(9)5(8)3-11-12/h3H,4,8-10H2,1-2H3. The smallest absolute Gasteiger partial charge is 0.145 e. The molecular formula is C7H15N5. The lowest BCUT2D eigenvalue weighted by Gasteiger charge is -2.18. The predicted octanol–water partition coefficient (Wildman–Crippen LogP) is -0.215. The number of anilines is 2. The third kappa shape index (κ3) is 1.88. The van der Waals surface area contributed by atoms with E-state index in [2.05, 4.69) is 5.10 Å². The molecule has 0 fully saturated rings. The fourth-order valence-electron chi connectivity index (χ4n) is 0.921. The molecule has 0 aliphatic rings. The highest BCUT2D eigenvalue weighted by atomic mass is 15.3. The Morgan fingerprint density at radius 1 is 1.50 bits per heavy atom. The number of hydrogen-bond donors (Lipinski definition) is 3. The topological polar surface area (TPSA) is 95.9 Å². The zero-order valence-corrected chi connectivity index (χ0v) is 7.41. The zero-order chi connectivity index (χ0) is 9.35. The van der Waals surface area contributed by atoms with Gasteiger partial charge in [0.15, 0.2) is 0 Å². The molecule has 12 heavy (non-hydrogen) atoms. The Morgan fingerprint density at radius 2 is 2.08 bits per heavy atom. The van der Waals surface area contributed by atoms with E-state index in [-0.39, 0.29) is 5.54 Å². The normalized spacial score (nSPS) is 11.9. The van der Waals surface area contributed by atoms with Crippen molar-refractivity contribution in [1.29, 1.82) is 0 Å². The van der Waals surface area contributed by atoms with Gasteiger partial charge in [-0.15, -0.1) is 0 Å². The first-order valence-corrected chi connectivity index (χ1v) is 3.76. The second kappa shape index (κ2) is 2.67. The quantitative estimate of drug-likeness (QED) is 0.570. The molecule has 1 heterocycles. The van der Waals surface area contributed by atoms with Crippen LogP contribution in [0.5, 0.6) is 0 Å². The maximum Gasteiger partial charge on any atom is 0.145 e. The summed E-state index contributed by atoms with van der Waals surface area (Å²) < 4.78 is 1.61. The fraction of sp³-hybridized carbons (Fsp3) is 0.571. The number of hydrogen-bond acceptors (Lipinski definition) is 4. The maximum atomic E-state index is 5.79. The van der Waals surface area contributed by atoms with Crippen LogP contribution in [0, 0.1) is 0 Å². The van der Waals surface area contributed by atoms with Crippen molar-refractivity contribution in [3.05, 3.63) is 6.20 Å². The lowest BCUT2D eigenvalue weighted by Crippen LogP contribution is -2.37. The molecule has 0 saturated carbocycles. The van der Waals surface area contributed by atoms with Crippen LogP contribution in [0.3, 0.4) is 0 Å². The van der Waals surface area contributed by atoms with Crippen LogP contribution >= 0.6 is 0 Å². The molecule has 5 heteroatoms. The number of nitrogens with zero attached hydrogens (tertiary/aromatic N) is 2. The molecule has 68 valence electrons. The van der Waals surface area contributed by atoms with Gasteiger partial charge in [-0.1, -0.05) is 0 Å². The Kier molecular flexibility index (Phi) is 1.97. The van der Waals surface area contributed by atoms with Crippen LogP contribution in [0.4, 0.5) is 11.5 Å². The number of nitrogen functional groups attached to an aromatic ring is 2. The van der Waals surface area contributed by atoms with Gasteiger partial charge in [-0.2, -0.15) is 5.10 Å². The van der Waals surface area contributed by atoms with E-state index in [0.29, 0.717) is 18.1 Å². The van der Waals surface area contributed by atoms with Crippen molar-refractivity contribution in [3.63, 3.8) is 0 Å².